The molecule has 0 radical (unpaired) electrons. The maximum atomic E-state index is 13.5. The van der Waals surface area contributed by atoms with Crippen molar-refractivity contribution in [2.24, 2.45) is 0 Å². The summed E-state index contributed by atoms with van der Waals surface area (Å²) in [6.45, 7) is 1.07. The quantitative estimate of drug-likeness (QED) is 0.893. The van der Waals surface area contributed by atoms with Crippen LogP contribution in [0.4, 0.5) is 4.39 Å². The number of carbonyl (C=O) groups is 2. The Hall–Kier alpha value is -1.95. The molecule has 2 rings (SSSR count). The first-order valence-electron chi connectivity index (χ1n) is 6.91. The Bertz CT molecular complexity index is 520. The third-order valence-corrected chi connectivity index (χ3v) is 3.46. The predicted molar refractivity (Wildman–Crippen MR) is 73.3 cm³/mol. The van der Waals surface area contributed by atoms with Gasteiger partial charge in [-0.2, -0.15) is 0 Å². The van der Waals surface area contributed by atoms with Crippen LogP contribution in [-0.4, -0.2) is 47.7 Å². The highest BCUT2D eigenvalue weighted by Crippen LogP contribution is 2.13. The number of benzene rings is 1. The minimum Gasteiger partial charge on any atom is -0.481 e. The van der Waals surface area contributed by atoms with Gasteiger partial charge < -0.3 is 14.7 Å². The average molecular weight is 295 g/mol. The maximum absolute atomic E-state index is 13.5. The number of hydrogen-bond donors (Lipinski definition) is 1. The van der Waals surface area contributed by atoms with Crippen molar-refractivity contribution in [2.45, 2.75) is 25.4 Å². The second-order valence-electron chi connectivity index (χ2n) is 5.02. The van der Waals surface area contributed by atoms with E-state index >= 15 is 0 Å². The van der Waals surface area contributed by atoms with E-state index in [0.717, 1.165) is 0 Å². The summed E-state index contributed by atoms with van der Waals surface area (Å²) in [5.74, 6) is -1.35. The Balaban J connectivity index is 1.85. The molecule has 0 bridgehead atoms. The van der Waals surface area contributed by atoms with Crippen LogP contribution >= 0.6 is 0 Å². The Labute approximate surface area is 122 Å². The topological polar surface area (TPSA) is 66.8 Å². The van der Waals surface area contributed by atoms with Gasteiger partial charge in [0.2, 0.25) is 5.91 Å². The summed E-state index contributed by atoms with van der Waals surface area (Å²) in [5, 5.41) is 8.75. The Morgan fingerprint density at radius 1 is 1.38 bits per heavy atom. The highest BCUT2D eigenvalue weighted by molar-refractivity contribution is 5.76. The third kappa shape index (κ3) is 4.53. The molecule has 1 aromatic rings. The smallest absolute Gasteiger partial charge is 0.306 e. The summed E-state index contributed by atoms with van der Waals surface area (Å²) >= 11 is 0. The molecule has 5 nitrogen and oxygen atoms in total. The highest BCUT2D eigenvalue weighted by Gasteiger charge is 2.25. The number of carboxylic acids is 1. The van der Waals surface area contributed by atoms with E-state index in [2.05, 4.69) is 0 Å². The second kappa shape index (κ2) is 7.17. The minimum atomic E-state index is -0.944. The van der Waals surface area contributed by atoms with Gasteiger partial charge in [-0.25, -0.2) is 4.39 Å². The Kier molecular flexibility index (Phi) is 5.27. The zero-order valence-corrected chi connectivity index (χ0v) is 11.6. The molecule has 1 amide bonds. The second-order valence-corrected chi connectivity index (χ2v) is 5.02. The summed E-state index contributed by atoms with van der Waals surface area (Å²) in [5.41, 5.74) is 0.515. The Morgan fingerprint density at radius 2 is 2.14 bits per heavy atom. The summed E-state index contributed by atoms with van der Waals surface area (Å²) < 4.78 is 18.8. The number of aryl methyl sites for hydroxylation is 1. The number of nitrogens with zero attached hydrogens (tertiary/aromatic N) is 1. The SMILES string of the molecule is O=C(O)C[C@@H]1CN(C(=O)CCc2ccccc2F)CCO1. The summed E-state index contributed by atoms with van der Waals surface area (Å²) in [6.07, 6.45) is -0.0294. The molecule has 1 N–H and O–H groups in total. The molecule has 0 unspecified atom stereocenters. The molecule has 21 heavy (non-hydrogen) atoms. The summed E-state index contributed by atoms with van der Waals surface area (Å²) in [7, 11) is 0. The van der Waals surface area contributed by atoms with E-state index in [1.165, 1.54) is 6.07 Å². The molecule has 1 aromatic carbocycles. The number of carboxylic acid groups (broad SMARTS) is 1. The lowest BCUT2D eigenvalue weighted by atomic mass is 10.1. The normalized spacial score (nSPS) is 18.5. The maximum Gasteiger partial charge on any atom is 0.306 e. The van der Waals surface area contributed by atoms with Gasteiger partial charge in [-0.15, -0.1) is 0 Å². The van der Waals surface area contributed by atoms with E-state index in [-0.39, 0.29) is 31.1 Å². The fraction of sp³-hybridized carbons (Fsp3) is 0.467. The fourth-order valence-corrected chi connectivity index (χ4v) is 2.36. The number of aliphatic carboxylic acids is 1. The number of amides is 1. The monoisotopic (exact) mass is 295 g/mol. The van der Waals surface area contributed by atoms with Crippen molar-refractivity contribution in [1.29, 1.82) is 0 Å². The van der Waals surface area contributed by atoms with Crippen LogP contribution in [0.2, 0.25) is 0 Å². The van der Waals surface area contributed by atoms with E-state index in [4.69, 9.17) is 9.84 Å². The van der Waals surface area contributed by atoms with Gasteiger partial charge >= 0.3 is 5.97 Å². The molecule has 0 aromatic heterocycles. The molecule has 6 heteroatoms. The highest BCUT2D eigenvalue weighted by atomic mass is 19.1. The fourth-order valence-electron chi connectivity index (χ4n) is 2.36. The molecule has 1 saturated heterocycles. The first kappa shape index (κ1) is 15.4. The number of carbonyl (C=O) groups excluding carboxylic acids is 1. The van der Waals surface area contributed by atoms with Crippen molar-refractivity contribution >= 4 is 11.9 Å². The lowest BCUT2D eigenvalue weighted by Gasteiger charge is -2.32. The van der Waals surface area contributed by atoms with Crippen molar-refractivity contribution in [3.63, 3.8) is 0 Å². The van der Waals surface area contributed by atoms with Crippen molar-refractivity contribution in [3.05, 3.63) is 35.6 Å². The van der Waals surface area contributed by atoms with Crippen LogP contribution in [0.1, 0.15) is 18.4 Å². The van der Waals surface area contributed by atoms with Crippen LogP contribution in [0.5, 0.6) is 0 Å². The zero-order chi connectivity index (χ0) is 15.2. The summed E-state index contributed by atoms with van der Waals surface area (Å²) in [4.78, 5) is 24.4. The molecule has 1 fully saturated rings. The van der Waals surface area contributed by atoms with Crippen LogP contribution < -0.4 is 0 Å². The number of ether oxygens (including phenoxy) is 1. The van der Waals surface area contributed by atoms with E-state index in [9.17, 15) is 14.0 Å². The van der Waals surface area contributed by atoms with Crippen LogP contribution in [0, 0.1) is 5.82 Å². The van der Waals surface area contributed by atoms with Crippen LogP contribution in [-0.2, 0) is 20.7 Å². The minimum absolute atomic E-state index is 0.100. The van der Waals surface area contributed by atoms with Gasteiger partial charge in [0.05, 0.1) is 19.1 Å². The van der Waals surface area contributed by atoms with E-state index < -0.39 is 12.1 Å². The molecule has 1 aliphatic heterocycles. The molecule has 1 atom stereocenters. The molecular formula is C15H18FNO4. The van der Waals surface area contributed by atoms with Crippen molar-refractivity contribution < 1.29 is 23.8 Å². The van der Waals surface area contributed by atoms with Crippen molar-refractivity contribution in [2.75, 3.05) is 19.7 Å². The van der Waals surface area contributed by atoms with E-state index in [1.807, 2.05) is 0 Å². The largest absolute Gasteiger partial charge is 0.481 e. The molecule has 0 spiro atoms. The standard InChI is InChI=1S/C15H18FNO4/c16-13-4-2-1-3-11(13)5-6-14(18)17-7-8-21-12(10-17)9-15(19)20/h1-4,12H,5-10H2,(H,19,20)/t12-/m1/s1. The van der Waals surface area contributed by atoms with Gasteiger partial charge in [-0.05, 0) is 18.1 Å². The van der Waals surface area contributed by atoms with E-state index in [1.54, 1.807) is 23.1 Å². The van der Waals surface area contributed by atoms with Crippen molar-refractivity contribution in [3.8, 4) is 0 Å². The molecule has 0 saturated carbocycles. The van der Waals surface area contributed by atoms with Gasteiger partial charge in [-0.3, -0.25) is 9.59 Å². The van der Waals surface area contributed by atoms with Gasteiger partial charge in [0, 0.05) is 19.5 Å². The lowest BCUT2D eigenvalue weighted by molar-refractivity contribution is -0.147. The number of halogens is 1. The average Bonchev–Trinajstić information content (AvgIpc) is 2.45. The Morgan fingerprint density at radius 3 is 2.86 bits per heavy atom. The number of hydrogen-bond acceptors (Lipinski definition) is 3. The molecule has 114 valence electrons. The zero-order valence-electron chi connectivity index (χ0n) is 11.6. The van der Waals surface area contributed by atoms with Gasteiger partial charge in [0.25, 0.3) is 0 Å². The first-order chi connectivity index (χ1) is 10.1. The lowest BCUT2D eigenvalue weighted by Crippen LogP contribution is -2.46. The van der Waals surface area contributed by atoms with Crippen LogP contribution in [0.15, 0.2) is 24.3 Å². The molecule has 0 aliphatic carbocycles. The first-order valence-corrected chi connectivity index (χ1v) is 6.91. The van der Waals surface area contributed by atoms with Crippen LogP contribution in [0.25, 0.3) is 0 Å². The summed E-state index contributed by atoms with van der Waals surface area (Å²) in [6, 6.07) is 6.38. The van der Waals surface area contributed by atoms with Crippen LogP contribution in [0.3, 0.4) is 0 Å². The molecule has 1 aliphatic rings. The van der Waals surface area contributed by atoms with E-state index in [0.29, 0.717) is 25.1 Å². The van der Waals surface area contributed by atoms with Gasteiger partial charge in [0.1, 0.15) is 5.82 Å². The number of rotatable bonds is 5. The van der Waals surface area contributed by atoms with Gasteiger partial charge in [-0.1, -0.05) is 18.2 Å². The van der Waals surface area contributed by atoms with Gasteiger partial charge in [0.15, 0.2) is 0 Å². The predicted octanol–water partition coefficient (Wildman–Crippen LogP) is 1.46. The molecular weight excluding hydrogens is 277 g/mol. The molecule has 1 heterocycles. The van der Waals surface area contributed by atoms with Crippen molar-refractivity contribution in [1.82, 2.24) is 4.90 Å². The third-order valence-electron chi connectivity index (χ3n) is 3.46. The number of morpholine rings is 1.